The molecule has 1 heterocycles. The van der Waals surface area contributed by atoms with Gasteiger partial charge >= 0.3 is 0 Å². The molecule has 0 unspecified atom stereocenters. The Hall–Kier alpha value is -2.60. The summed E-state index contributed by atoms with van der Waals surface area (Å²) in [7, 11) is 4.87. The summed E-state index contributed by atoms with van der Waals surface area (Å²) >= 11 is 0. The summed E-state index contributed by atoms with van der Waals surface area (Å²) in [6, 6.07) is 11.6. The molecule has 2 aromatic rings. The van der Waals surface area contributed by atoms with Crippen LogP contribution < -0.4 is 29.0 Å². The molecule has 6 heteroatoms. The Balaban J connectivity index is 1.67. The molecule has 0 saturated heterocycles. The van der Waals surface area contributed by atoms with Gasteiger partial charge in [0.15, 0.2) is 23.0 Å². The van der Waals surface area contributed by atoms with Gasteiger partial charge in [0, 0.05) is 24.2 Å². The zero-order valence-corrected chi connectivity index (χ0v) is 15.6. The number of rotatable bonds is 7. The number of benzene rings is 2. The smallest absolute Gasteiger partial charge is 0.164 e. The van der Waals surface area contributed by atoms with Gasteiger partial charge in [-0.1, -0.05) is 12.1 Å². The Morgan fingerprint density at radius 3 is 2.35 bits per heavy atom. The maximum atomic E-state index is 6.06. The number of methoxy groups -OCH3 is 3. The fourth-order valence-electron chi connectivity index (χ4n) is 2.92. The third kappa shape index (κ3) is 3.80. The van der Waals surface area contributed by atoms with Crippen molar-refractivity contribution < 1.29 is 23.7 Å². The van der Waals surface area contributed by atoms with E-state index in [1.165, 1.54) is 0 Å². The van der Waals surface area contributed by atoms with Crippen LogP contribution in [0.25, 0.3) is 0 Å². The number of hydrogen-bond acceptors (Lipinski definition) is 6. The zero-order valence-electron chi connectivity index (χ0n) is 15.6. The molecule has 1 aliphatic heterocycles. The highest BCUT2D eigenvalue weighted by molar-refractivity contribution is 5.50. The largest absolute Gasteiger partial charge is 0.496 e. The van der Waals surface area contributed by atoms with E-state index in [0.717, 1.165) is 22.8 Å². The predicted octanol–water partition coefficient (Wildman–Crippen LogP) is 3.03. The van der Waals surface area contributed by atoms with Crippen molar-refractivity contribution in [3.05, 3.63) is 42.0 Å². The molecule has 0 aromatic heterocycles. The molecule has 0 radical (unpaired) electrons. The summed E-state index contributed by atoms with van der Waals surface area (Å²) in [6.45, 7) is 3.19. The molecule has 1 aliphatic rings. The molecule has 3 rings (SSSR count). The van der Waals surface area contributed by atoms with Crippen LogP contribution in [0.2, 0.25) is 0 Å². The van der Waals surface area contributed by atoms with Gasteiger partial charge in [-0.15, -0.1) is 0 Å². The van der Waals surface area contributed by atoms with Crippen molar-refractivity contribution in [3.63, 3.8) is 0 Å². The molecular weight excluding hydrogens is 334 g/mol. The lowest BCUT2D eigenvalue weighted by Crippen LogP contribution is -2.45. The highest BCUT2D eigenvalue weighted by Crippen LogP contribution is 2.35. The first kappa shape index (κ1) is 18.2. The van der Waals surface area contributed by atoms with Gasteiger partial charge in [0.2, 0.25) is 0 Å². The molecule has 0 bridgehead atoms. The van der Waals surface area contributed by atoms with E-state index in [9.17, 15) is 0 Å². The normalized spacial score (nSPS) is 16.7. The fourth-order valence-corrected chi connectivity index (χ4v) is 2.92. The van der Waals surface area contributed by atoms with Crippen molar-refractivity contribution in [2.75, 3.05) is 27.9 Å². The summed E-state index contributed by atoms with van der Waals surface area (Å²) < 4.78 is 28.0. The summed E-state index contributed by atoms with van der Waals surface area (Å²) in [6.07, 6.45) is -0.0731. The molecule has 6 nitrogen and oxygen atoms in total. The molecule has 2 aromatic carbocycles. The van der Waals surface area contributed by atoms with Gasteiger partial charge in [0.05, 0.1) is 21.3 Å². The van der Waals surface area contributed by atoms with Crippen LogP contribution in [0.5, 0.6) is 28.7 Å². The third-order valence-electron chi connectivity index (χ3n) is 4.49. The summed E-state index contributed by atoms with van der Waals surface area (Å²) in [5, 5.41) is 3.48. The second-order valence-corrected chi connectivity index (χ2v) is 6.10. The zero-order chi connectivity index (χ0) is 18.5. The predicted molar refractivity (Wildman–Crippen MR) is 98.8 cm³/mol. The monoisotopic (exact) mass is 359 g/mol. The van der Waals surface area contributed by atoms with Crippen LogP contribution in [0, 0.1) is 0 Å². The molecule has 0 amide bonds. The first-order valence-corrected chi connectivity index (χ1v) is 8.57. The first-order valence-electron chi connectivity index (χ1n) is 8.57. The van der Waals surface area contributed by atoms with E-state index in [2.05, 4.69) is 12.2 Å². The summed E-state index contributed by atoms with van der Waals surface area (Å²) in [5.41, 5.74) is 0.981. The number of ether oxygens (including phenoxy) is 5. The Bertz CT molecular complexity index is 749. The highest BCUT2D eigenvalue weighted by atomic mass is 16.6. The SMILES string of the molecule is COc1cc(OC)c(OC)cc1CN[C@@H](C)[C@H]1COc2ccccc2O1. The highest BCUT2D eigenvalue weighted by Gasteiger charge is 2.26. The van der Waals surface area contributed by atoms with Crippen LogP contribution in [0.1, 0.15) is 12.5 Å². The molecule has 140 valence electrons. The molecule has 0 aliphatic carbocycles. The van der Waals surface area contributed by atoms with E-state index in [0.29, 0.717) is 24.7 Å². The minimum absolute atomic E-state index is 0.0731. The van der Waals surface area contributed by atoms with Crippen LogP contribution in [0.3, 0.4) is 0 Å². The van der Waals surface area contributed by atoms with E-state index in [1.807, 2.05) is 36.4 Å². The van der Waals surface area contributed by atoms with Crippen LogP contribution in [0.4, 0.5) is 0 Å². The Morgan fingerprint density at radius 2 is 1.65 bits per heavy atom. The minimum Gasteiger partial charge on any atom is -0.496 e. The molecule has 26 heavy (non-hydrogen) atoms. The maximum absolute atomic E-state index is 6.06. The number of para-hydroxylation sites is 2. The van der Waals surface area contributed by atoms with E-state index < -0.39 is 0 Å². The van der Waals surface area contributed by atoms with Crippen LogP contribution >= 0.6 is 0 Å². The Kier molecular flexibility index (Phi) is 5.73. The topological polar surface area (TPSA) is 58.2 Å². The molecule has 0 saturated carbocycles. The van der Waals surface area contributed by atoms with Crippen LogP contribution in [0.15, 0.2) is 36.4 Å². The Labute approximate surface area is 154 Å². The van der Waals surface area contributed by atoms with E-state index in [4.69, 9.17) is 23.7 Å². The van der Waals surface area contributed by atoms with Gasteiger partial charge in [-0.2, -0.15) is 0 Å². The second-order valence-electron chi connectivity index (χ2n) is 6.10. The standard InChI is InChI=1S/C20H25NO5/c1-13(20-12-25-15-7-5-6-8-16(15)26-20)21-11-14-9-18(23-3)19(24-4)10-17(14)22-2/h5-10,13,20-21H,11-12H2,1-4H3/t13-,20+/m0/s1. The van der Waals surface area contributed by atoms with E-state index >= 15 is 0 Å². The lowest BCUT2D eigenvalue weighted by Gasteiger charge is -2.31. The fraction of sp³-hybridized carbons (Fsp3) is 0.400. The third-order valence-corrected chi connectivity index (χ3v) is 4.49. The van der Waals surface area contributed by atoms with E-state index in [-0.39, 0.29) is 12.1 Å². The first-order chi connectivity index (χ1) is 12.7. The second kappa shape index (κ2) is 8.19. The molecule has 0 fully saturated rings. The molecule has 1 N–H and O–H groups in total. The molecule has 0 spiro atoms. The van der Waals surface area contributed by atoms with Crippen molar-refractivity contribution in [2.24, 2.45) is 0 Å². The lowest BCUT2D eigenvalue weighted by molar-refractivity contribution is 0.0662. The van der Waals surface area contributed by atoms with Crippen LogP contribution in [-0.2, 0) is 6.54 Å². The van der Waals surface area contributed by atoms with Gasteiger partial charge in [0.1, 0.15) is 18.5 Å². The number of nitrogens with one attached hydrogen (secondary N) is 1. The van der Waals surface area contributed by atoms with Crippen molar-refractivity contribution in [2.45, 2.75) is 25.6 Å². The summed E-state index contributed by atoms with van der Waals surface area (Å²) in [5.74, 6) is 3.62. The van der Waals surface area contributed by atoms with Crippen molar-refractivity contribution in [1.82, 2.24) is 5.32 Å². The van der Waals surface area contributed by atoms with Gasteiger partial charge < -0.3 is 29.0 Å². The van der Waals surface area contributed by atoms with Gasteiger partial charge in [-0.25, -0.2) is 0 Å². The maximum Gasteiger partial charge on any atom is 0.164 e. The number of fused-ring (bicyclic) bond motifs is 1. The molecular formula is C20H25NO5. The average molecular weight is 359 g/mol. The quantitative estimate of drug-likeness (QED) is 0.820. The lowest BCUT2D eigenvalue weighted by atomic mass is 10.1. The Morgan fingerprint density at radius 1 is 1.00 bits per heavy atom. The van der Waals surface area contributed by atoms with Crippen LogP contribution in [-0.4, -0.2) is 40.1 Å². The van der Waals surface area contributed by atoms with E-state index in [1.54, 1.807) is 21.3 Å². The molecule has 2 atom stereocenters. The van der Waals surface area contributed by atoms with Crippen molar-refractivity contribution in [1.29, 1.82) is 0 Å². The van der Waals surface area contributed by atoms with Crippen molar-refractivity contribution in [3.8, 4) is 28.7 Å². The summed E-state index contributed by atoms with van der Waals surface area (Å²) in [4.78, 5) is 0. The minimum atomic E-state index is -0.0731. The number of hydrogen-bond donors (Lipinski definition) is 1. The van der Waals surface area contributed by atoms with Gasteiger partial charge in [-0.3, -0.25) is 0 Å². The average Bonchev–Trinajstić information content (AvgIpc) is 2.70. The van der Waals surface area contributed by atoms with Gasteiger partial charge in [0.25, 0.3) is 0 Å². The van der Waals surface area contributed by atoms with Crippen molar-refractivity contribution >= 4 is 0 Å². The van der Waals surface area contributed by atoms with Gasteiger partial charge in [-0.05, 0) is 25.1 Å².